The van der Waals surface area contributed by atoms with Crippen molar-refractivity contribution in [2.45, 2.75) is 45.7 Å². The molecule has 0 fully saturated rings. The molecule has 0 aliphatic heterocycles. The number of methoxy groups -OCH3 is 2. The molecule has 13 heteroatoms. The minimum absolute atomic E-state index is 0.182. The number of anilines is 1. The van der Waals surface area contributed by atoms with Gasteiger partial charge in [0.25, 0.3) is 11.4 Å². The third-order valence-electron chi connectivity index (χ3n) is 7.05. The first-order chi connectivity index (χ1) is 21.0. The molecule has 2 N–H and O–H groups in total. The highest BCUT2D eigenvalue weighted by atomic mass is 16.5. The minimum Gasteiger partial charge on any atom is -0.497 e. The molecular formula is C31H34N6O7. The number of hydrogen-bond acceptors (Lipinski definition) is 10. The Morgan fingerprint density at radius 1 is 1.00 bits per heavy atom. The van der Waals surface area contributed by atoms with Crippen molar-refractivity contribution in [1.82, 2.24) is 25.1 Å². The zero-order valence-corrected chi connectivity index (χ0v) is 25.3. The Morgan fingerprint density at radius 2 is 1.68 bits per heavy atom. The van der Waals surface area contributed by atoms with Crippen LogP contribution < -0.4 is 20.9 Å². The monoisotopic (exact) mass is 602 g/mol. The molecule has 4 aromatic rings. The minimum atomic E-state index is -1.04. The molecule has 0 saturated heterocycles. The van der Waals surface area contributed by atoms with E-state index in [4.69, 9.17) is 9.15 Å². The van der Waals surface area contributed by atoms with Gasteiger partial charge in [-0.3, -0.25) is 24.3 Å². The number of rotatable bonds is 11. The van der Waals surface area contributed by atoms with E-state index in [1.807, 2.05) is 38.1 Å². The lowest BCUT2D eigenvalue weighted by Crippen LogP contribution is -2.46. The van der Waals surface area contributed by atoms with Crippen LogP contribution in [-0.4, -0.2) is 57.8 Å². The molecule has 1 atom stereocenters. The normalized spacial score (nSPS) is 12.0. The Hall–Kier alpha value is -5.33. The van der Waals surface area contributed by atoms with Gasteiger partial charge >= 0.3 is 6.09 Å². The average molecular weight is 603 g/mol. The van der Waals surface area contributed by atoms with Gasteiger partial charge in [-0.05, 0) is 37.5 Å². The van der Waals surface area contributed by atoms with Crippen molar-refractivity contribution in [3.8, 4) is 17.1 Å². The smallest absolute Gasteiger partial charge is 0.411 e. The van der Waals surface area contributed by atoms with E-state index < -0.39 is 41.3 Å². The van der Waals surface area contributed by atoms with Crippen molar-refractivity contribution in [1.29, 1.82) is 0 Å². The second-order valence-corrected chi connectivity index (χ2v) is 10.8. The molecule has 13 nitrogen and oxygen atoms in total. The fourth-order valence-corrected chi connectivity index (χ4v) is 4.44. The second kappa shape index (κ2) is 13.3. The zero-order chi connectivity index (χ0) is 32.0. The van der Waals surface area contributed by atoms with E-state index in [1.54, 1.807) is 51.3 Å². The van der Waals surface area contributed by atoms with Gasteiger partial charge < -0.3 is 19.2 Å². The van der Waals surface area contributed by atoms with Crippen LogP contribution in [0.25, 0.3) is 11.4 Å². The standard InChI is InChI=1S/C31H34N6O7/c1-18(2)24(25(39)27-35-36-29(44-27)31(3,4)20-12-14-21(42-5)15-13-20)34-23(38)17-37-26(19-10-8-7-9-11-19)32-16-22(28(37)40)33-30(41)43-6/h7-16,18,24H,17H2,1-6H3,(H,33,41)(H,34,38). The average Bonchev–Trinajstić information content (AvgIpc) is 3.53. The van der Waals surface area contributed by atoms with Crippen LogP contribution in [0.5, 0.6) is 5.75 Å². The summed E-state index contributed by atoms with van der Waals surface area (Å²) in [5, 5.41) is 13.1. The Balaban J connectivity index is 1.58. The van der Waals surface area contributed by atoms with Crippen molar-refractivity contribution >= 4 is 23.5 Å². The fraction of sp³-hybridized carbons (Fsp3) is 0.323. The van der Waals surface area contributed by atoms with Crippen LogP contribution in [0.15, 0.2) is 70.0 Å². The van der Waals surface area contributed by atoms with Crippen LogP contribution in [0, 0.1) is 5.92 Å². The molecule has 230 valence electrons. The molecule has 0 bridgehead atoms. The maximum Gasteiger partial charge on any atom is 0.411 e. The van der Waals surface area contributed by atoms with Crippen LogP contribution in [0.2, 0.25) is 0 Å². The van der Waals surface area contributed by atoms with Gasteiger partial charge in [0, 0.05) is 5.56 Å². The van der Waals surface area contributed by atoms with Crippen molar-refractivity contribution in [3.05, 3.63) is 88.5 Å². The van der Waals surface area contributed by atoms with Gasteiger partial charge in [0.2, 0.25) is 17.6 Å². The number of carbonyl (C=O) groups is 3. The Kier molecular flexibility index (Phi) is 9.57. The first kappa shape index (κ1) is 31.6. The van der Waals surface area contributed by atoms with Gasteiger partial charge in [0.1, 0.15) is 23.8 Å². The third-order valence-corrected chi connectivity index (χ3v) is 7.05. The van der Waals surface area contributed by atoms with Crippen LogP contribution in [-0.2, 0) is 21.5 Å². The number of nitrogens with zero attached hydrogens (tertiary/aromatic N) is 4. The van der Waals surface area contributed by atoms with E-state index in [9.17, 15) is 19.2 Å². The van der Waals surface area contributed by atoms with E-state index >= 15 is 0 Å². The van der Waals surface area contributed by atoms with Gasteiger partial charge in [-0.25, -0.2) is 9.78 Å². The van der Waals surface area contributed by atoms with Crippen molar-refractivity contribution in [2.75, 3.05) is 19.5 Å². The predicted octanol–water partition coefficient (Wildman–Crippen LogP) is 3.83. The fourth-order valence-electron chi connectivity index (χ4n) is 4.44. The molecule has 2 aromatic carbocycles. The predicted molar refractivity (Wildman–Crippen MR) is 160 cm³/mol. The maximum atomic E-state index is 13.5. The van der Waals surface area contributed by atoms with Gasteiger partial charge in [-0.15, -0.1) is 10.2 Å². The number of aromatic nitrogens is 4. The van der Waals surface area contributed by atoms with Gasteiger partial charge in [-0.2, -0.15) is 0 Å². The number of nitrogens with one attached hydrogen (secondary N) is 2. The van der Waals surface area contributed by atoms with Gasteiger partial charge in [0.15, 0.2) is 0 Å². The Labute approximate surface area is 253 Å². The first-order valence-corrected chi connectivity index (χ1v) is 13.8. The molecule has 0 radical (unpaired) electrons. The summed E-state index contributed by atoms with van der Waals surface area (Å²) in [6, 6.07) is 15.1. The molecular weight excluding hydrogens is 568 g/mol. The maximum absolute atomic E-state index is 13.5. The van der Waals surface area contributed by atoms with Crippen LogP contribution >= 0.6 is 0 Å². The van der Waals surface area contributed by atoms with E-state index in [2.05, 4.69) is 30.6 Å². The summed E-state index contributed by atoms with van der Waals surface area (Å²) >= 11 is 0. The van der Waals surface area contributed by atoms with Crippen molar-refractivity contribution < 1.29 is 28.3 Å². The molecule has 2 aromatic heterocycles. The lowest BCUT2D eigenvalue weighted by atomic mass is 9.84. The summed E-state index contributed by atoms with van der Waals surface area (Å²) in [7, 11) is 2.74. The number of amides is 2. The number of benzene rings is 2. The van der Waals surface area contributed by atoms with E-state index in [-0.39, 0.29) is 29.2 Å². The van der Waals surface area contributed by atoms with E-state index in [0.29, 0.717) is 11.3 Å². The second-order valence-electron chi connectivity index (χ2n) is 10.8. The van der Waals surface area contributed by atoms with Gasteiger partial charge in [-0.1, -0.05) is 56.3 Å². The van der Waals surface area contributed by atoms with Crippen molar-refractivity contribution in [3.63, 3.8) is 0 Å². The molecule has 2 heterocycles. The number of ether oxygens (including phenoxy) is 2. The molecule has 0 aliphatic rings. The zero-order valence-electron chi connectivity index (χ0n) is 25.3. The van der Waals surface area contributed by atoms with Crippen molar-refractivity contribution in [2.24, 2.45) is 5.92 Å². The largest absolute Gasteiger partial charge is 0.497 e. The molecule has 4 rings (SSSR count). The highest BCUT2D eigenvalue weighted by Gasteiger charge is 2.34. The molecule has 0 spiro atoms. The lowest BCUT2D eigenvalue weighted by Gasteiger charge is -2.22. The van der Waals surface area contributed by atoms with Crippen LogP contribution in [0.3, 0.4) is 0 Å². The van der Waals surface area contributed by atoms with Crippen LogP contribution in [0.4, 0.5) is 10.5 Å². The summed E-state index contributed by atoms with van der Waals surface area (Å²) in [4.78, 5) is 56.3. The number of hydrogen-bond donors (Lipinski definition) is 2. The molecule has 2 amide bonds. The SMILES string of the molecule is COC(=O)Nc1cnc(-c2ccccc2)n(CC(=O)NC(C(=O)c2nnc(C(C)(C)c3ccc(OC)cc3)o2)C(C)C)c1=O. The summed E-state index contributed by atoms with van der Waals surface area (Å²) in [5.74, 6) is -0.738. The first-order valence-electron chi connectivity index (χ1n) is 13.8. The molecule has 0 aliphatic carbocycles. The van der Waals surface area contributed by atoms with Gasteiger partial charge in [0.05, 0.1) is 31.9 Å². The highest BCUT2D eigenvalue weighted by Crippen LogP contribution is 2.32. The number of ketones is 1. The summed E-state index contributed by atoms with van der Waals surface area (Å²) in [6.45, 7) is 6.79. The highest BCUT2D eigenvalue weighted by molar-refractivity contribution is 5.98. The Morgan fingerprint density at radius 3 is 2.30 bits per heavy atom. The molecule has 0 saturated carbocycles. The molecule has 1 unspecified atom stereocenters. The third kappa shape index (κ3) is 6.83. The quantitative estimate of drug-likeness (QED) is 0.241. The van der Waals surface area contributed by atoms with E-state index in [1.165, 1.54) is 6.20 Å². The van der Waals surface area contributed by atoms with Crippen LogP contribution in [0.1, 0.15) is 49.8 Å². The Bertz CT molecular complexity index is 1690. The molecule has 44 heavy (non-hydrogen) atoms. The number of carbonyl (C=O) groups excluding carboxylic acids is 3. The summed E-state index contributed by atoms with van der Waals surface area (Å²) in [6.07, 6.45) is 0.323. The topological polar surface area (TPSA) is 168 Å². The van der Waals surface area contributed by atoms with E-state index in [0.717, 1.165) is 17.2 Å². The summed E-state index contributed by atoms with van der Waals surface area (Å²) < 4.78 is 16.8. The summed E-state index contributed by atoms with van der Waals surface area (Å²) in [5.41, 5.74) is -0.157. The number of Topliss-reactive ketones (excluding diaryl/α,β-unsaturated/α-hetero) is 1. The lowest BCUT2D eigenvalue weighted by molar-refractivity contribution is -0.122.